The second-order valence-electron chi connectivity index (χ2n) is 8.90. The van der Waals surface area contributed by atoms with Crippen molar-refractivity contribution >= 4 is 29.3 Å². The fraction of sp³-hybridized carbons (Fsp3) is 0.200. The van der Waals surface area contributed by atoms with Crippen molar-refractivity contribution in [2.45, 2.75) is 25.4 Å². The van der Waals surface area contributed by atoms with Gasteiger partial charge in [-0.05, 0) is 37.1 Å². The van der Waals surface area contributed by atoms with Gasteiger partial charge in [0.25, 0.3) is 23.6 Å². The van der Waals surface area contributed by atoms with Crippen molar-refractivity contribution in [1.82, 2.24) is 29.5 Å². The van der Waals surface area contributed by atoms with Crippen molar-refractivity contribution < 1.29 is 18.9 Å². The molecule has 3 aliphatic rings. The molecular weight excluding hydrogens is 484 g/mol. The normalized spacial score (nSPS) is 18.2. The van der Waals surface area contributed by atoms with Crippen LogP contribution in [0.4, 0.5) is 0 Å². The summed E-state index contributed by atoms with van der Waals surface area (Å²) in [4.78, 5) is 50.8. The van der Waals surface area contributed by atoms with Gasteiger partial charge in [0.1, 0.15) is 6.33 Å². The van der Waals surface area contributed by atoms with Crippen molar-refractivity contribution in [3.8, 4) is 17.3 Å². The second-order valence-corrected chi connectivity index (χ2v) is 9.30. The van der Waals surface area contributed by atoms with Gasteiger partial charge < -0.3 is 9.42 Å². The maximum absolute atomic E-state index is 13.4. The van der Waals surface area contributed by atoms with Crippen LogP contribution in [0.2, 0.25) is 5.02 Å². The number of hydrogen-bond donors (Lipinski definition) is 0. The third-order valence-corrected chi connectivity index (χ3v) is 7.26. The molecule has 11 heteroatoms. The van der Waals surface area contributed by atoms with Gasteiger partial charge in [-0.3, -0.25) is 23.9 Å². The number of hydrogen-bond acceptors (Lipinski definition) is 7. The van der Waals surface area contributed by atoms with E-state index in [9.17, 15) is 14.4 Å². The Morgan fingerprint density at radius 2 is 1.78 bits per heavy atom. The molecule has 3 amide bonds. The van der Waals surface area contributed by atoms with Gasteiger partial charge in [0.05, 0.1) is 45.7 Å². The zero-order chi connectivity index (χ0) is 24.6. The van der Waals surface area contributed by atoms with Gasteiger partial charge >= 0.3 is 0 Å². The van der Waals surface area contributed by atoms with Crippen LogP contribution in [0.1, 0.15) is 61.5 Å². The summed E-state index contributed by atoms with van der Waals surface area (Å²) in [5.41, 5.74) is 3.00. The fourth-order valence-electron chi connectivity index (χ4n) is 5.33. The van der Waals surface area contributed by atoms with Gasteiger partial charge in [-0.15, -0.1) is 0 Å². The molecule has 0 bridgehead atoms. The smallest absolute Gasteiger partial charge is 0.278 e. The minimum Gasteiger partial charge on any atom is -0.332 e. The Morgan fingerprint density at radius 1 is 1.00 bits per heavy atom. The van der Waals surface area contributed by atoms with E-state index in [2.05, 4.69) is 15.1 Å². The van der Waals surface area contributed by atoms with Crippen molar-refractivity contribution in [3.63, 3.8) is 0 Å². The predicted octanol–water partition coefficient (Wildman–Crippen LogP) is 3.66. The molecule has 4 aromatic rings. The first-order valence-electron chi connectivity index (χ1n) is 11.5. The van der Waals surface area contributed by atoms with Crippen molar-refractivity contribution in [3.05, 3.63) is 82.0 Å². The molecule has 0 aliphatic carbocycles. The monoisotopic (exact) mass is 500 g/mol. The SMILES string of the molecule is O=C1c2ccccc2C(=O)N1Cc1noc(-c2ncn3c2[C@@H]2CCCN2C(=O)c2c(Cl)cccc2-3)n1. The second kappa shape index (κ2) is 7.59. The minimum absolute atomic E-state index is 0.121. The van der Waals surface area contributed by atoms with Crippen molar-refractivity contribution in [2.75, 3.05) is 6.54 Å². The molecule has 0 N–H and O–H groups in total. The third kappa shape index (κ3) is 2.84. The van der Waals surface area contributed by atoms with E-state index < -0.39 is 11.8 Å². The van der Waals surface area contributed by atoms with E-state index in [1.165, 1.54) is 0 Å². The molecule has 0 unspecified atom stereocenters. The Hall–Kier alpha value is -4.31. The lowest BCUT2D eigenvalue weighted by molar-refractivity contribution is 0.0636. The quantitative estimate of drug-likeness (QED) is 0.394. The summed E-state index contributed by atoms with van der Waals surface area (Å²) in [5, 5.41) is 4.40. The molecule has 10 nitrogen and oxygen atoms in total. The predicted molar refractivity (Wildman–Crippen MR) is 126 cm³/mol. The van der Waals surface area contributed by atoms with Crippen molar-refractivity contribution in [1.29, 1.82) is 0 Å². The summed E-state index contributed by atoms with van der Waals surface area (Å²) in [7, 11) is 0. The topological polar surface area (TPSA) is 114 Å². The summed E-state index contributed by atoms with van der Waals surface area (Å²) in [6.07, 6.45) is 3.23. The summed E-state index contributed by atoms with van der Waals surface area (Å²) >= 11 is 6.45. The highest BCUT2D eigenvalue weighted by atomic mass is 35.5. The standard InChI is InChI=1S/C25H17ClN6O4/c26-15-7-3-8-16-19(15)25(35)30-10-4-9-17(30)21-20(27-12-32(16)21)22-28-18(29-36-22)11-31-23(33)13-5-1-2-6-14(13)24(31)34/h1-3,5-8,12,17H,4,9-11H2/t17-/m0/s1. The molecule has 7 rings (SSSR count). The van der Waals surface area contributed by atoms with Crippen LogP contribution < -0.4 is 0 Å². The maximum Gasteiger partial charge on any atom is 0.278 e. The van der Waals surface area contributed by atoms with Gasteiger partial charge in [0, 0.05) is 6.54 Å². The highest BCUT2D eigenvalue weighted by molar-refractivity contribution is 6.34. The average molecular weight is 501 g/mol. The average Bonchev–Trinajstić information content (AvgIpc) is 3.66. The largest absolute Gasteiger partial charge is 0.332 e. The molecule has 5 heterocycles. The first-order chi connectivity index (χ1) is 17.5. The number of rotatable bonds is 3. The molecule has 2 aromatic carbocycles. The number of aromatic nitrogens is 4. The van der Waals surface area contributed by atoms with E-state index in [1.807, 2.05) is 15.5 Å². The Kier molecular flexibility index (Phi) is 4.43. The number of carbonyl (C=O) groups is 3. The van der Waals surface area contributed by atoms with Gasteiger partial charge in [-0.2, -0.15) is 4.98 Å². The molecule has 1 saturated heterocycles. The van der Waals surface area contributed by atoms with Gasteiger partial charge in [-0.1, -0.05) is 35.0 Å². The van der Waals surface area contributed by atoms with E-state index >= 15 is 0 Å². The summed E-state index contributed by atoms with van der Waals surface area (Å²) < 4.78 is 7.40. The Morgan fingerprint density at radius 3 is 2.56 bits per heavy atom. The molecule has 1 fully saturated rings. The number of nitrogens with zero attached hydrogens (tertiary/aromatic N) is 6. The Balaban J connectivity index is 1.28. The van der Waals surface area contributed by atoms with Crippen LogP contribution in [0, 0.1) is 0 Å². The van der Waals surface area contributed by atoms with Gasteiger partial charge in [0.15, 0.2) is 11.5 Å². The molecular formula is C25H17ClN6O4. The number of carbonyl (C=O) groups excluding carboxylic acids is 3. The number of imidazole rings is 1. The summed E-state index contributed by atoms with van der Waals surface area (Å²) in [6, 6.07) is 11.8. The zero-order valence-corrected chi connectivity index (χ0v) is 19.5. The molecule has 178 valence electrons. The number of halogens is 1. The van der Waals surface area contributed by atoms with E-state index in [0.29, 0.717) is 39.6 Å². The zero-order valence-electron chi connectivity index (χ0n) is 18.7. The first-order valence-corrected chi connectivity index (χ1v) is 11.9. The molecule has 36 heavy (non-hydrogen) atoms. The van der Waals surface area contributed by atoms with Crippen molar-refractivity contribution in [2.24, 2.45) is 0 Å². The Labute approximate surface area is 209 Å². The van der Waals surface area contributed by atoms with Gasteiger partial charge in [-0.25, -0.2) is 4.98 Å². The number of benzene rings is 2. The van der Waals surface area contributed by atoms with Crippen LogP contribution in [-0.4, -0.2) is 53.8 Å². The highest BCUT2D eigenvalue weighted by Crippen LogP contribution is 2.43. The van der Waals surface area contributed by atoms with E-state index in [4.69, 9.17) is 16.1 Å². The molecule has 3 aliphatic heterocycles. The molecule has 2 aromatic heterocycles. The number of fused-ring (bicyclic) bond motifs is 6. The number of imide groups is 1. The fourth-order valence-corrected chi connectivity index (χ4v) is 5.58. The minimum atomic E-state index is -0.397. The molecule has 0 spiro atoms. The summed E-state index contributed by atoms with van der Waals surface area (Å²) in [6.45, 7) is 0.478. The Bertz CT molecular complexity index is 1570. The van der Waals surface area contributed by atoms with E-state index in [1.54, 1.807) is 42.7 Å². The lowest BCUT2D eigenvalue weighted by atomic mass is 10.1. The van der Waals surface area contributed by atoms with Crippen LogP contribution in [-0.2, 0) is 6.54 Å². The van der Waals surface area contributed by atoms with E-state index in [-0.39, 0.29) is 30.2 Å². The maximum atomic E-state index is 13.4. The molecule has 1 atom stereocenters. The number of amides is 3. The lowest BCUT2D eigenvalue weighted by Crippen LogP contribution is -2.30. The highest BCUT2D eigenvalue weighted by Gasteiger charge is 2.41. The van der Waals surface area contributed by atoms with E-state index in [0.717, 1.165) is 23.4 Å². The molecule has 0 radical (unpaired) electrons. The van der Waals surface area contributed by atoms with Crippen LogP contribution in [0.15, 0.2) is 53.3 Å². The lowest BCUT2D eigenvalue weighted by Gasteiger charge is -2.22. The van der Waals surface area contributed by atoms with Crippen LogP contribution in [0.5, 0.6) is 0 Å². The van der Waals surface area contributed by atoms with Crippen LogP contribution >= 0.6 is 11.6 Å². The van der Waals surface area contributed by atoms with Crippen LogP contribution in [0.3, 0.4) is 0 Å². The summed E-state index contributed by atoms with van der Waals surface area (Å²) in [5.74, 6) is -0.583. The first kappa shape index (κ1) is 21.0. The van der Waals surface area contributed by atoms with Gasteiger partial charge in [0.2, 0.25) is 0 Å². The van der Waals surface area contributed by atoms with Crippen LogP contribution in [0.25, 0.3) is 17.3 Å². The molecule has 0 saturated carbocycles. The third-order valence-electron chi connectivity index (χ3n) is 6.95.